The summed E-state index contributed by atoms with van der Waals surface area (Å²) in [5.74, 6) is -0.881. The number of amides is 1. The van der Waals surface area contributed by atoms with Crippen LogP contribution in [0.15, 0.2) is 18.2 Å². The molecule has 0 unspecified atom stereocenters. The molecule has 0 spiro atoms. The van der Waals surface area contributed by atoms with Gasteiger partial charge < -0.3 is 10.1 Å². The largest absolute Gasteiger partial charge is 0.452 e. The Balaban J connectivity index is 1.81. The number of rotatable bonds is 4. The summed E-state index contributed by atoms with van der Waals surface area (Å²) >= 11 is 11.7. The summed E-state index contributed by atoms with van der Waals surface area (Å²) in [6, 6.07) is 4.63. The number of carbonyl (C=O) groups is 2. The Bertz CT molecular complexity index is 520. The minimum absolute atomic E-state index is 0.189. The van der Waals surface area contributed by atoms with Gasteiger partial charge in [0.1, 0.15) is 0 Å². The van der Waals surface area contributed by atoms with Crippen molar-refractivity contribution in [2.24, 2.45) is 0 Å². The van der Waals surface area contributed by atoms with Gasteiger partial charge in [0.15, 0.2) is 6.61 Å². The van der Waals surface area contributed by atoms with Crippen LogP contribution >= 0.6 is 23.2 Å². The molecule has 120 valence electrons. The lowest BCUT2D eigenvalue weighted by molar-refractivity contribution is -0.125. The highest BCUT2D eigenvalue weighted by molar-refractivity contribution is 6.35. The molecule has 0 atom stereocenters. The molecule has 1 amide bonds. The van der Waals surface area contributed by atoms with Crippen LogP contribution in [0.1, 0.15) is 48.9 Å². The first-order valence-electron chi connectivity index (χ1n) is 7.47. The number of halogens is 2. The molecule has 0 aliphatic heterocycles. The maximum absolute atomic E-state index is 11.9. The summed E-state index contributed by atoms with van der Waals surface area (Å²) in [4.78, 5) is 23.7. The van der Waals surface area contributed by atoms with Crippen LogP contribution in [0.4, 0.5) is 0 Å². The Kier molecular flexibility index (Phi) is 6.52. The minimum Gasteiger partial charge on any atom is -0.452 e. The van der Waals surface area contributed by atoms with Crippen molar-refractivity contribution < 1.29 is 14.3 Å². The van der Waals surface area contributed by atoms with Gasteiger partial charge in [0.05, 0.1) is 5.56 Å². The molecule has 0 aromatic heterocycles. The molecule has 4 nitrogen and oxygen atoms in total. The van der Waals surface area contributed by atoms with Gasteiger partial charge in [0.2, 0.25) is 0 Å². The standard InChI is InChI=1S/C16H19Cl2NO3/c17-12-7-11(8-13(18)9-12)16(21)22-10-15(20)19-14-5-3-1-2-4-6-14/h7-9,14H,1-6,10H2,(H,19,20). The number of hydrogen-bond donors (Lipinski definition) is 1. The molecular formula is C16H19Cl2NO3. The molecule has 0 bridgehead atoms. The summed E-state index contributed by atoms with van der Waals surface area (Å²) in [6.07, 6.45) is 6.68. The van der Waals surface area contributed by atoms with Crippen LogP contribution in [0, 0.1) is 0 Å². The SMILES string of the molecule is O=C(COC(=O)c1cc(Cl)cc(Cl)c1)NC1CCCCCC1. The van der Waals surface area contributed by atoms with Gasteiger partial charge in [-0.05, 0) is 31.0 Å². The van der Waals surface area contributed by atoms with E-state index in [0.29, 0.717) is 10.0 Å². The first kappa shape index (κ1) is 17.1. The third kappa shape index (κ3) is 5.50. The number of hydrogen-bond acceptors (Lipinski definition) is 3. The monoisotopic (exact) mass is 343 g/mol. The predicted octanol–water partition coefficient (Wildman–Crippen LogP) is 3.99. The first-order chi connectivity index (χ1) is 10.5. The second-order valence-corrected chi connectivity index (χ2v) is 6.36. The lowest BCUT2D eigenvalue weighted by Gasteiger charge is -2.16. The Morgan fingerprint density at radius 3 is 2.23 bits per heavy atom. The number of esters is 1. The Labute approximate surface area is 140 Å². The molecule has 2 rings (SSSR count). The molecule has 1 saturated carbocycles. The van der Waals surface area contributed by atoms with Gasteiger partial charge in [-0.15, -0.1) is 0 Å². The quantitative estimate of drug-likeness (QED) is 0.664. The number of carbonyl (C=O) groups excluding carboxylic acids is 2. The van der Waals surface area contributed by atoms with Crippen LogP contribution in [0.5, 0.6) is 0 Å². The van der Waals surface area contributed by atoms with E-state index >= 15 is 0 Å². The van der Waals surface area contributed by atoms with Gasteiger partial charge in [-0.3, -0.25) is 4.79 Å². The molecule has 1 aliphatic carbocycles. The Hall–Kier alpha value is -1.26. The van der Waals surface area contributed by atoms with E-state index in [1.165, 1.54) is 31.0 Å². The van der Waals surface area contributed by atoms with Crippen LogP contribution in [0.25, 0.3) is 0 Å². The molecule has 1 aromatic carbocycles. The molecule has 1 aliphatic rings. The van der Waals surface area contributed by atoms with Crippen molar-refractivity contribution >= 4 is 35.1 Å². The van der Waals surface area contributed by atoms with Crippen molar-refractivity contribution in [1.29, 1.82) is 0 Å². The fourth-order valence-electron chi connectivity index (χ4n) is 2.58. The second kappa shape index (κ2) is 8.39. The lowest BCUT2D eigenvalue weighted by atomic mass is 10.1. The van der Waals surface area contributed by atoms with E-state index < -0.39 is 5.97 Å². The zero-order valence-corrected chi connectivity index (χ0v) is 13.8. The van der Waals surface area contributed by atoms with E-state index in [1.54, 1.807) is 0 Å². The number of benzene rings is 1. The average molecular weight is 344 g/mol. The Morgan fingerprint density at radius 2 is 1.64 bits per heavy atom. The molecule has 0 radical (unpaired) electrons. The molecule has 1 aromatic rings. The van der Waals surface area contributed by atoms with Gasteiger partial charge in [0.25, 0.3) is 5.91 Å². The van der Waals surface area contributed by atoms with Gasteiger partial charge in [0, 0.05) is 16.1 Å². The zero-order valence-electron chi connectivity index (χ0n) is 12.2. The summed E-state index contributed by atoms with van der Waals surface area (Å²) < 4.78 is 5.00. The fourth-order valence-corrected chi connectivity index (χ4v) is 3.11. The highest BCUT2D eigenvalue weighted by atomic mass is 35.5. The van der Waals surface area contributed by atoms with Crippen LogP contribution in [0.3, 0.4) is 0 Å². The van der Waals surface area contributed by atoms with Crippen LogP contribution in [0.2, 0.25) is 10.0 Å². The highest BCUT2D eigenvalue weighted by Crippen LogP contribution is 2.20. The van der Waals surface area contributed by atoms with Crippen LogP contribution in [-0.2, 0) is 9.53 Å². The van der Waals surface area contributed by atoms with Crippen molar-refractivity contribution in [1.82, 2.24) is 5.32 Å². The van der Waals surface area contributed by atoms with E-state index in [2.05, 4.69) is 5.32 Å². The molecular weight excluding hydrogens is 325 g/mol. The smallest absolute Gasteiger partial charge is 0.338 e. The molecule has 22 heavy (non-hydrogen) atoms. The maximum atomic E-state index is 11.9. The summed E-state index contributed by atoms with van der Waals surface area (Å²) in [5, 5.41) is 3.62. The van der Waals surface area contributed by atoms with E-state index in [4.69, 9.17) is 27.9 Å². The first-order valence-corrected chi connectivity index (χ1v) is 8.23. The van der Waals surface area contributed by atoms with E-state index in [1.807, 2.05) is 0 Å². The van der Waals surface area contributed by atoms with Crippen molar-refractivity contribution in [2.45, 2.75) is 44.6 Å². The van der Waals surface area contributed by atoms with Crippen LogP contribution < -0.4 is 5.32 Å². The minimum atomic E-state index is -0.611. The van der Waals surface area contributed by atoms with Gasteiger partial charge in [-0.2, -0.15) is 0 Å². The van der Waals surface area contributed by atoms with Crippen LogP contribution in [-0.4, -0.2) is 24.5 Å². The summed E-state index contributed by atoms with van der Waals surface area (Å²) in [5.41, 5.74) is 0.236. The van der Waals surface area contributed by atoms with E-state index in [9.17, 15) is 9.59 Å². The van der Waals surface area contributed by atoms with Crippen molar-refractivity contribution in [2.75, 3.05) is 6.61 Å². The van der Waals surface area contributed by atoms with Gasteiger partial charge in [-0.1, -0.05) is 48.9 Å². The van der Waals surface area contributed by atoms with Gasteiger partial charge in [-0.25, -0.2) is 4.79 Å². The molecule has 1 fully saturated rings. The number of nitrogens with one attached hydrogen (secondary N) is 1. The van der Waals surface area contributed by atoms with Crippen molar-refractivity contribution in [3.05, 3.63) is 33.8 Å². The third-order valence-electron chi connectivity index (χ3n) is 3.65. The molecule has 0 saturated heterocycles. The predicted molar refractivity (Wildman–Crippen MR) is 86.4 cm³/mol. The topological polar surface area (TPSA) is 55.4 Å². The fraction of sp³-hybridized carbons (Fsp3) is 0.500. The van der Waals surface area contributed by atoms with Gasteiger partial charge >= 0.3 is 5.97 Å². The Morgan fingerprint density at radius 1 is 1.05 bits per heavy atom. The van der Waals surface area contributed by atoms with E-state index in [0.717, 1.165) is 25.7 Å². The van der Waals surface area contributed by atoms with Crippen molar-refractivity contribution in [3.8, 4) is 0 Å². The molecule has 1 N–H and O–H groups in total. The summed E-state index contributed by atoms with van der Waals surface area (Å²) in [6.45, 7) is -0.292. The summed E-state index contributed by atoms with van der Waals surface area (Å²) in [7, 11) is 0. The molecule has 0 heterocycles. The van der Waals surface area contributed by atoms with Crippen molar-refractivity contribution in [3.63, 3.8) is 0 Å². The number of ether oxygens (including phenoxy) is 1. The highest BCUT2D eigenvalue weighted by Gasteiger charge is 2.16. The maximum Gasteiger partial charge on any atom is 0.338 e. The van der Waals surface area contributed by atoms with E-state index in [-0.39, 0.29) is 24.1 Å². The second-order valence-electron chi connectivity index (χ2n) is 5.49. The lowest BCUT2D eigenvalue weighted by Crippen LogP contribution is -2.37. The third-order valence-corrected chi connectivity index (χ3v) is 4.09. The molecule has 6 heteroatoms. The normalized spacial score (nSPS) is 15.9. The zero-order chi connectivity index (χ0) is 15.9. The average Bonchev–Trinajstić information content (AvgIpc) is 2.72.